The summed E-state index contributed by atoms with van der Waals surface area (Å²) in [6.45, 7) is 0. The summed E-state index contributed by atoms with van der Waals surface area (Å²) >= 11 is 7.26. The Morgan fingerprint density at radius 2 is 1.38 bits per heavy atom. The summed E-state index contributed by atoms with van der Waals surface area (Å²) in [6, 6.07) is 20.2. The number of nitrogens with zero attached hydrogens (tertiary/aromatic N) is 2. The average molecular weight is 386 g/mol. The number of amides is 2. The second-order valence-corrected chi connectivity index (χ2v) is 18.3. The van der Waals surface area contributed by atoms with E-state index in [1.54, 1.807) is 9.34 Å². The van der Waals surface area contributed by atoms with Crippen LogP contribution in [-0.4, -0.2) is 44.0 Å². The van der Waals surface area contributed by atoms with E-state index < -0.39 is 4.95 Å². The Bertz CT molecular complexity index is 671. The molecule has 0 bridgehead atoms. The molecule has 2 aromatic rings. The molecule has 3 nitrogen and oxygen atoms in total. The monoisotopic (exact) mass is 386 g/mol. The molecule has 1 saturated heterocycles. The fourth-order valence-electron chi connectivity index (χ4n) is 2.54. The number of hydrogen-bond donors (Lipinski definition) is 0. The molecule has 0 aromatic heterocycles. The molecule has 0 N–H and O–H groups in total. The van der Waals surface area contributed by atoms with Crippen molar-refractivity contribution in [1.29, 1.82) is 0 Å². The van der Waals surface area contributed by atoms with E-state index in [1.165, 1.54) is 4.46 Å². The van der Waals surface area contributed by atoms with Crippen LogP contribution < -0.4 is 9.77 Å². The van der Waals surface area contributed by atoms with Gasteiger partial charge in [-0.05, 0) is 0 Å². The second-order valence-electron chi connectivity index (χ2n) is 4.92. The van der Waals surface area contributed by atoms with Crippen molar-refractivity contribution in [3.05, 3.63) is 60.7 Å². The number of rotatable bonds is 3. The molecule has 21 heavy (non-hydrogen) atoms. The summed E-state index contributed by atoms with van der Waals surface area (Å²) < 4.78 is 4.75. The van der Waals surface area contributed by atoms with Crippen molar-refractivity contribution >= 4 is 46.5 Å². The van der Waals surface area contributed by atoms with Gasteiger partial charge >= 0.3 is 135 Å². The molecule has 110 valence electrons. The standard InChI is InChI=1S/C15H16ClN2OPSe/c1-17-15(19)18(2)20(17,16,13-9-5-3-6-10-13)21-14-11-7-4-8-12-14/h3-12H,1-2H3. The van der Waals surface area contributed by atoms with Crippen LogP contribution in [0, 0.1) is 0 Å². The first-order valence-electron chi connectivity index (χ1n) is 6.55. The van der Waals surface area contributed by atoms with Crippen LogP contribution in [0.15, 0.2) is 60.7 Å². The molecule has 3 rings (SSSR count). The summed E-state index contributed by atoms with van der Waals surface area (Å²) in [5.74, 6) is 0. The van der Waals surface area contributed by atoms with Gasteiger partial charge in [0.05, 0.1) is 0 Å². The van der Waals surface area contributed by atoms with Crippen LogP contribution >= 0.6 is 16.2 Å². The van der Waals surface area contributed by atoms with Gasteiger partial charge in [0.2, 0.25) is 0 Å². The summed E-state index contributed by atoms with van der Waals surface area (Å²) in [4.78, 5) is 9.08. The second kappa shape index (κ2) is 5.00. The molecular formula is C15H16ClN2OPSe. The zero-order chi connectivity index (χ0) is 15.1. The maximum atomic E-state index is 12.2. The van der Waals surface area contributed by atoms with Gasteiger partial charge in [0.1, 0.15) is 0 Å². The van der Waals surface area contributed by atoms with Crippen LogP contribution in [0.5, 0.6) is 0 Å². The molecule has 1 heterocycles. The fraction of sp³-hybridized carbons (Fsp3) is 0.133. The van der Waals surface area contributed by atoms with Crippen molar-refractivity contribution in [2.75, 3.05) is 14.1 Å². The molecule has 1 aliphatic rings. The Hall–Kier alpha value is -1.05. The zero-order valence-electron chi connectivity index (χ0n) is 11.8. The number of carbonyl (C=O) groups is 1. The van der Waals surface area contributed by atoms with Crippen LogP contribution in [0.1, 0.15) is 0 Å². The van der Waals surface area contributed by atoms with Gasteiger partial charge in [-0.2, -0.15) is 0 Å². The number of urea groups is 1. The van der Waals surface area contributed by atoms with Gasteiger partial charge in [0.15, 0.2) is 0 Å². The molecule has 1 fully saturated rings. The van der Waals surface area contributed by atoms with Crippen LogP contribution in [-0.2, 0) is 0 Å². The normalized spacial score (nSPS) is 21.3. The molecule has 0 saturated carbocycles. The first-order valence-corrected chi connectivity index (χ1v) is 12.7. The van der Waals surface area contributed by atoms with Crippen molar-refractivity contribution in [2.45, 2.75) is 0 Å². The van der Waals surface area contributed by atoms with Crippen LogP contribution in [0.4, 0.5) is 4.79 Å². The minimum atomic E-state index is -3.07. The van der Waals surface area contributed by atoms with Gasteiger partial charge in [0, 0.05) is 0 Å². The van der Waals surface area contributed by atoms with Gasteiger partial charge in [0.25, 0.3) is 0 Å². The van der Waals surface area contributed by atoms with E-state index in [4.69, 9.17) is 11.2 Å². The van der Waals surface area contributed by atoms with E-state index in [0.29, 0.717) is 0 Å². The summed E-state index contributed by atoms with van der Waals surface area (Å²) in [7, 11) is 3.65. The summed E-state index contributed by atoms with van der Waals surface area (Å²) in [5, 5.41) is 1.05. The average Bonchev–Trinajstić information content (AvgIpc) is 2.55. The fourth-order valence-corrected chi connectivity index (χ4v) is 15.2. The molecule has 0 atom stereocenters. The van der Waals surface area contributed by atoms with Gasteiger partial charge in [-0.3, -0.25) is 0 Å². The first-order chi connectivity index (χ1) is 9.98. The molecule has 0 aliphatic carbocycles. The quantitative estimate of drug-likeness (QED) is 0.589. The first kappa shape index (κ1) is 14.9. The van der Waals surface area contributed by atoms with Crippen molar-refractivity contribution in [1.82, 2.24) is 9.34 Å². The van der Waals surface area contributed by atoms with Crippen molar-refractivity contribution in [2.24, 2.45) is 0 Å². The molecule has 0 unspecified atom stereocenters. The van der Waals surface area contributed by atoms with E-state index >= 15 is 0 Å². The van der Waals surface area contributed by atoms with Crippen LogP contribution in [0.25, 0.3) is 0 Å². The molecule has 2 amide bonds. The third-order valence-electron chi connectivity index (χ3n) is 3.79. The van der Waals surface area contributed by atoms with E-state index in [0.717, 1.165) is 5.30 Å². The van der Waals surface area contributed by atoms with Gasteiger partial charge < -0.3 is 0 Å². The topological polar surface area (TPSA) is 23.6 Å². The Labute approximate surface area is 135 Å². The summed E-state index contributed by atoms with van der Waals surface area (Å²) in [5.41, 5.74) is 0. The van der Waals surface area contributed by atoms with E-state index in [-0.39, 0.29) is 20.5 Å². The van der Waals surface area contributed by atoms with Crippen LogP contribution in [0.3, 0.4) is 0 Å². The van der Waals surface area contributed by atoms with Crippen molar-refractivity contribution < 1.29 is 4.79 Å². The van der Waals surface area contributed by atoms with Crippen LogP contribution in [0.2, 0.25) is 0 Å². The van der Waals surface area contributed by atoms with Gasteiger partial charge in [-0.15, -0.1) is 0 Å². The molecule has 6 heteroatoms. The van der Waals surface area contributed by atoms with E-state index in [2.05, 4.69) is 12.1 Å². The Morgan fingerprint density at radius 3 is 1.90 bits per heavy atom. The zero-order valence-corrected chi connectivity index (χ0v) is 15.2. The molecule has 1 aliphatic heterocycles. The minimum absolute atomic E-state index is 0.00988. The Balaban J connectivity index is 2.15. The van der Waals surface area contributed by atoms with Crippen molar-refractivity contribution in [3.63, 3.8) is 0 Å². The molecule has 0 radical (unpaired) electrons. The maximum absolute atomic E-state index is 12.2. The van der Waals surface area contributed by atoms with Gasteiger partial charge in [-0.25, -0.2) is 0 Å². The predicted molar refractivity (Wildman–Crippen MR) is 91.6 cm³/mol. The Kier molecular flexibility index (Phi) is 3.54. The third-order valence-corrected chi connectivity index (χ3v) is 19.3. The van der Waals surface area contributed by atoms with E-state index in [9.17, 15) is 4.79 Å². The summed E-state index contributed by atoms with van der Waals surface area (Å²) in [6.07, 6.45) is 0. The Morgan fingerprint density at radius 1 is 0.905 bits per heavy atom. The number of halogens is 1. The number of carbonyl (C=O) groups excluding carboxylic acids is 1. The number of hydrogen-bond acceptors (Lipinski definition) is 1. The molecule has 2 aromatic carbocycles. The SMILES string of the molecule is CN1C(=O)N(C)P1(Cl)([Se]c1ccccc1)c1ccccc1. The third kappa shape index (κ3) is 1.94. The van der Waals surface area contributed by atoms with Gasteiger partial charge in [-0.1, -0.05) is 0 Å². The van der Waals surface area contributed by atoms with E-state index in [1.807, 2.05) is 62.6 Å². The molecule has 0 spiro atoms. The number of benzene rings is 2. The van der Waals surface area contributed by atoms with Crippen molar-refractivity contribution in [3.8, 4) is 0 Å². The predicted octanol–water partition coefficient (Wildman–Crippen LogP) is 2.79. The molecular weight excluding hydrogens is 370 g/mol.